The average Bonchev–Trinajstić information content (AvgIpc) is 2.55. The third kappa shape index (κ3) is 4.85. The lowest BCUT2D eigenvalue weighted by atomic mass is 10.1. The van der Waals surface area contributed by atoms with Crippen molar-refractivity contribution in [2.24, 2.45) is 0 Å². The number of carbonyl (C=O) groups is 2. The summed E-state index contributed by atoms with van der Waals surface area (Å²) in [5.41, 5.74) is 2.08. The minimum absolute atomic E-state index is 0.205. The smallest absolute Gasteiger partial charge is 0.253 e. The minimum Gasteiger partial charge on any atom is -0.497 e. The first-order valence-electron chi connectivity index (χ1n) is 7.38. The van der Waals surface area contributed by atoms with Crippen LogP contribution in [0, 0.1) is 0 Å². The molecule has 0 spiro atoms. The quantitative estimate of drug-likeness (QED) is 0.861. The van der Waals surface area contributed by atoms with Crippen LogP contribution in [0.1, 0.15) is 22.8 Å². The molecule has 0 heterocycles. The van der Waals surface area contributed by atoms with Crippen molar-refractivity contribution in [3.05, 3.63) is 59.7 Å². The van der Waals surface area contributed by atoms with Crippen LogP contribution in [0.3, 0.4) is 0 Å². The van der Waals surface area contributed by atoms with Crippen LogP contribution in [0.25, 0.3) is 0 Å². The Kier molecular flexibility index (Phi) is 5.74. The summed E-state index contributed by atoms with van der Waals surface area (Å²) in [7, 11) is 1.63. The zero-order valence-corrected chi connectivity index (χ0v) is 13.3. The molecule has 2 aromatic carbocycles. The number of hydrogen-bond acceptors (Lipinski definition) is 3. The summed E-state index contributed by atoms with van der Waals surface area (Å²) < 4.78 is 5.11. The van der Waals surface area contributed by atoms with Crippen molar-refractivity contribution in [2.45, 2.75) is 13.3 Å². The standard InChI is InChI=1S/C18H20N2O3/c1-13(21)20-17-6-4-3-5-16(17)18(22)19-12-11-14-7-9-15(23-2)10-8-14/h3-10H,11-12H2,1-2H3,(H,19,22)(H,20,21). The Morgan fingerprint density at radius 1 is 1.04 bits per heavy atom. The fourth-order valence-electron chi connectivity index (χ4n) is 2.19. The van der Waals surface area contributed by atoms with Gasteiger partial charge in [0.1, 0.15) is 5.75 Å². The van der Waals surface area contributed by atoms with E-state index in [0.29, 0.717) is 17.8 Å². The zero-order valence-electron chi connectivity index (χ0n) is 13.3. The highest BCUT2D eigenvalue weighted by atomic mass is 16.5. The van der Waals surface area contributed by atoms with E-state index in [2.05, 4.69) is 10.6 Å². The highest BCUT2D eigenvalue weighted by Crippen LogP contribution is 2.15. The van der Waals surface area contributed by atoms with E-state index in [4.69, 9.17) is 4.74 Å². The van der Waals surface area contributed by atoms with Crippen LogP contribution in [-0.4, -0.2) is 25.5 Å². The predicted molar refractivity (Wildman–Crippen MR) is 89.8 cm³/mol. The Hall–Kier alpha value is -2.82. The van der Waals surface area contributed by atoms with Gasteiger partial charge in [0.05, 0.1) is 18.4 Å². The number of ether oxygens (including phenoxy) is 1. The van der Waals surface area contributed by atoms with Gasteiger partial charge in [0.2, 0.25) is 5.91 Å². The van der Waals surface area contributed by atoms with Crippen molar-refractivity contribution in [3.63, 3.8) is 0 Å². The first kappa shape index (κ1) is 16.5. The lowest BCUT2D eigenvalue weighted by Gasteiger charge is -2.10. The van der Waals surface area contributed by atoms with Gasteiger partial charge in [-0.15, -0.1) is 0 Å². The van der Waals surface area contributed by atoms with Crippen molar-refractivity contribution in [3.8, 4) is 5.75 Å². The first-order valence-corrected chi connectivity index (χ1v) is 7.38. The molecule has 5 nitrogen and oxygen atoms in total. The number of benzene rings is 2. The monoisotopic (exact) mass is 312 g/mol. The molecular weight excluding hydrogens is 292 g/mol. The van der Waals surface area contributed by atoms with E-state index in [1.165, 1.54) is 6.92 Å². The van der Waals surface area contributed by atoms with Gasteiger partial charge in [-0.1, -0.05) is 24.3 Å². The van der Waals surface area contributed by atoms with E-state index in [9.17, 15) is 9.59 Å². The van der Waals surface area contributed by atoms with E-state index in [1.807, 2.05) is 24.3 Å². The molecule has 0 unspecified atom stereocenters. The van der Waals surface area contributed by atoms with Crippen LogP contribution in [0.5, 0.6) is 5.75 Å². The van der Waals surface area contributed by atoms with Gasteiger partial charge in [0.15, 0.2) is 0 Å². The third-order valence-corrected chi connectivity index (χ3v) is 3.34. The summed E-state index contributed by atoms with van der Waals surface area (Å²) in [6.07, 6.45) is 0.720. The van der Waals surface area contributed by atoms with Crippen molar-refractivity contribution in [2.75, 3.05) is 19.0 Å². The van der Waals surface area contributed by atoms with Gasteiger partial charge < -0.3 is 15.4 Å². The SMILES string of the molecule is COc1ccc(CCNC(=O)c2ccccc2NC(C)=O)cc1. The molecule has 0 radical (unpaired) electrons. The van der Waals surface area contributed by atoms with Gasteiger partial charge in [0, 0.05) is 13.5 Å². The molecule has 0 aromatic heterocycles. The summed E-state index contributed by atoms with van der Waals surface area (Å²) in [5.74, 6) is 0.397. The van der Waals surface area contributed by atoms with Crippen molar-refractivity contribution < 1.29 is 14.3 Å². The molecule has 5 heteroatoms. The largest absolute Gasteiger partial charge is 0.497 e. The fraction of sp³-hybridized carbons (Fsp3) is 0.222. The summed E-state index contributed by atoms with van der Waals surface area (Å²) in [4.78, 5) is 23.4. The number of anilines is 1. The van der Waals surface area contributed by atoms with Crippen molar-refractivity contribution >= 4 is 17.5 Å². The maximum atomic E-state index is 12.3. The van der Waals surface area contributed by atoms with Gasteiger partial charge in [-0.25, -0.2) is 0 Å². The molecular formula is C18H20N2O3. The van der Waals surface area contributed by atoms with E-state index < -0.39 is 0 Å². The lowest BCUT2D eigenvalue weighted by molar-refractivity contribution is -0.114. The van der Waals surface area contributed by atoms with Gasteiger partial charge in [-0.2, -0.15) is 0 Å². The summed E-state index contributed by atoms with van der Waals surface area (Å²) in [6.45, 7) is 1.93. The van der Waals surface area contributed by atoms with Gasteiger partial charge in [0.25, 0.3) is 5.91 Å². The van der Waals surface area contributed by atoms with Crippen LogP contribution in [-0.2, 0) is 11.2 Å². The van der Waals surface area contributed by atoms with E-state index in [-0.39, 0.29) is 11.8 Å². The second-order valence-electron chi connectivity index (χ2n) is 5.08. The highest BCUT2D eigenvalue weighted by Gasteiger charge is 2.11. The molecule has 0 aliphatic rings. The Balaban J connectivity index is 1.93. The van der Waals surface area contributed by atoms with Crippen LogP contribution >= 0.6 is 0 Å². The number of para-hydroxylation sites is 1. The fourth-order valence-corrected chi connectivity index (χ4v) is 2.19. The topological polar surface area (TPSA) is 67.4 Å². The third-order valence-electron chi connectivity index (χ3n) is 3.34. The average molecular weight is 312 g/mol. The Labute approximate surface area is 135 Å². The Morgan fingerprint density at radius 3 is 2.39 bits per heavy atom. The summed E-state index contributed by atoms with van der Waals surface area (Å²) in [6, 6.07) is 14.7. The molecule has 0 bridgehead atoms. The summed E-state index contributed by atoms with van der Waals surface area (Å²) >= 11 is 0. The molecule has 120 valence electrons. The maximum absolute atomic E-state index is 12.3. The van der Waals surface area contributed by atoms with E-state index in [0.717, 1.165) is 17.7 Å². The molecule has 0 saturated carbocycles. The van der Waals surface area contributed by atoms with Gasteiger partial charge >= 0.3 is 0 Å². The van der Waals surface area contributed by atoms with Crippen LogP contribution in [0.2, 0.25) is 0 Å². The van der Waals surface area contributed by atoms with Crippen molar-refractivity contribution in [1.29, 1.82) is 0 Å². The molecule has 23 heavy (non-hydrogen) atoms. The number of amides is 2. The lowest BCUT2D eigenvalue weighted by Crippen LogP contribution is -2.27. The number of carbonyl (C=O) groups excluding carboxylic acids is 2. The first-order chi connectivity index (χ1) is 11.1. The highest BCUT2D eigenvalue weighted by molar-refractivity contribution is 6.03. The van der Waals surface area contributed by atoms with E-state index >= 15 is 0 Å². The molecule has 2 aromatic rings. The van der Waals surface area contributed by atoms with Gasteiger partial charge in [-0.3, -0.25) is 9.59 Å². The van der Waals surface area contributed by atoms with E-state index in [1.54, 1.807) is 31.4 Å². The van der Waals surface area contributed by atoms with Crippen LogP contribution in [0.15, 0.2) is 48.5 Å². The molecule has 0 atom stereocenters. The molecule has 2 rings (SSSR count). The molecule has 0 fully saturated rings. The summed E-state index contributed by atoms with van der Waals surface area (Å²) in [5, 5.41) is 5.53. The molecule has 2 amide bonds. The van der Waals surface area contributed by atoms with Crippen molar-refractivity contribution in [1.82, 2.24) is 5.32 Å². The number of methoxy groups -OCH3 is 1. The second kappa shape index (κ2) is 7.98. The van der Waals surface area contributed by atoms with Gasteiger partial charge in [-0.05, 0) is 36.2 Å². The minimum atomic E-state index is -0.206. The Bertz CT molecular complexity index is 681. The maximum Gasteiger partial charge on any atom is 0.253 e. The molecule has 0 saturated heterocycles. The predicted octanol–water partition coefficient (Wildman–Crippen LogP) is 2.63. The zero-order chi connectivity index (χ0) is 16.7. The second-order valence-corrected chi connectivity index (χ2v) is 5.08. The van der Waals surface area contributed by atoms with Crippen LogP contribution < -0.4 is 15.4 Å². The molecule has 2 N–H and O–H groups in total. The number of rotatable bonds is 6. The normalized spacial score (nSPS) is 10.0. The number of nitrogens with one attached hydrogen (secondary N) is 2. The molecule has 0 aliphatic carbocycles. The number of hydrogen-bond donors (Lipinski definition) is 2. The Morgan fingerprint density at radius 2 is 1.74 bits per heavy atom. The molecule has 0 aliphatic heterocycles. The van der Waals surface area contributed by atoms with Crippen LogP contribution in [0.4, 0.5) is 5.69 Å².